The van der Waals surface area contributed by atoms with Crippen LogP contribution < -0.4 is 16.0 Å². The topological polar surface area (TPSA) is 70.5 Å². The summed E-state index contributed by atoms with van der Waals surface area (Å²) in [6.45, 7) is 3.18. The van der Waals surface area contributed by atoms with Crippen LogP contribution in [0.5, 0.6) is 0 Å². The van der Waals surface area contributed by atoms with Crippen molar-refractivity contribution in [1.29, 1.82) is 0 Å². The summed E-state index contributed by atoms with van der Waals surface area (Å²) in [7, 11) is 2.05. The van der Waals surface area contributed by atoms with Gasteiger partial charge in [-0.2, -0.15) is 18.2 Å². The van der Waals surface area contributed by atoms with Crippen molar-refractivity contribution in [2.45, 2.75) is 36.9 Å². The average molecular weight is 516 g/mol. The van der Waals surface area contributed by atoms with Gasteiger partial charge in [0, 0.05) is 31.7 Å². The Morgan fingerprint density at radius 3 is 2.59 bits per heavy atom. The van der Waals surface area contributed by atoms with E-state index in [-0.39, 0.29) is 22.2 Å². The number of rotatable bonds is 5. The van der Waals surface area contributed by atoms with Crippen molar-refractivity contribution in [2.75, 3.05) is 49.3 Å². The fraction of sp³-hybridized carbons (Fsp3) is 0.500. The van der Waals surface area contributed by atoms with Crippen LogP contribution in [0, 0.1) is 0 Å². The first-order chi connectivity index (χ1) is 16.1. The fourth-order valence-corrected chi connectivity index (χ4v) is 5.24. The van der Waals surface area contributed by atoms with Gasteiger partial charge in [0.15, 0.2) is 0 Å². The molecule has 34 heavy (non-hydrogen) atoms. The number of hydrogen-bond donors (Lipinski definition) is 1. The molecule has 4 rings (SSSR count). The molecule has 12 heteroatoms. The number of amides is 1. The van der Waals surface area contributed by atoms with E-state index in [2.05, 4.69) is 15.2 Å². The summed E-state index contributed by atoms with van der Waals surface area (Å²) >= 11 is 7.09. The molecule has 0 bridgehead atoms. The van der Waals surface area contributed by atoms with Gasteiger partial charge < -0.3 is 15.2 Å². The van der Waals surface area contributed by atoms with Gasteiger partial charge >= 0.3 is 11.9 Å². The number of alkyl halides is 3. The number of hydrogen-bond acceptors (Lipinski definition) is 6. The van der Waals surface area contributed by atoms with E-state index in [4.69, 9.17) is 11.6 Å². The highest BCUT2D eigenvalue weighted by Gasteiger charge is 2.31. The highest BCUT2D eigenvalue weighted by molar-refractivity contribution is 8.00. The SMILES string of the molecule is CN1CCN(n2c3c(c(SCC(=O)Nc4cc(C(F)(F)F)ccc4Cl)nc2=O)CCCC3)CC1. The Morgan fingerprint density at radius 1 is 1.18 bits per heavy atom. The number of halogens is 4. The van der Waals surface area contributed by atoms with Crippen LogP contribution in [-0.2, 0) is 23.8 Å². The first-order valence-corrected chi connectivity index (χ1v) is 12.4. The van der Waals surface area contributed by atoms with Crippen LogP contribution in [0.15, 0.2) is 28.0 Å². The Morgan fingerprint density at radius 2 is 1.88 bits per heavy atom. The van der Waals surface area contributed by atoms with Crippen molar-refractivity contribution >= 4 is 35.0 Å². The Hall–Kier alpha value is -2.24. The predicted molar refractivity (Wildman–Crippen MR) is 126 cm³/mol. The third-order valence-corrected chi connectivity index (χ3v) is 7.35. The Balaban J connectivity index is 1.51. The summed E-state index contributed by atoms with van der Waals surface area (Å²) in [5, 5.41) is 5.00. The first kappa shape index (κ1) is 24.9. The second-order valence-corrected chi connectivity index (χ2v) is 9.80. The molecule has 0 atom stereocenters. The van der Waals surface area contributed by atoms with Crippen molar-refractivity contribution in [3.05, 3.63) is 50.5 Å². The number of likely N-dealkylation sites (N-methyl/N-ethyl adjacent to an activating group) is 1. The second kappa shape index (κ2) is 10.2. The summed E-state index contributed by atoms with van der Waals surface area (Å²) in [6.07, 6.45) is -1.08. The monoisotopic (exact) mass is 515 g/mol. The van der Waals surface area contributed by atoms with Gasteiger partial charge in [-0.15, -0.1) is 0 Å². The minimum atomic E-state index is -4.55. The molecule has 1 aromatic carbocycles. The smallest absolute Gasteiger partial charge is 0.324 e. The highest BCUT2D eigenvalue weighted by atomic mass is 35.5. The van der Waals surface area contributed by atoms with Gasteiger partial charge in [0.1, 0.15) is 5.03 Å². The summed E-state index contributed by atoms with van der Waals surface area (Å²) in [5.41, 5.74) is 0.541. The third kappa shape index (κ3) is 5.52. The standard InChI is InChI=1S/C22H25ClF3N5O2S/c1-29-8-10-30(11-9-29)31-18-5-3-2-4-15(18)20(28-21(31)33)34-13-19(32)27-17-12-14(22(24,25)26)6-7-16(17)23/h6-7,12H,2-5,8-11,13H2,1H3,(H,27,32). The van der Waals surface area contributed by atoms with Gasteiger partial charge in [-0.3, -0.25) is 4.79 Å². The van der Waals surface area contributed by atoms with Crippen LogP contribution in [0.3, 0.4) is 0 Å². The lowest BCUT2D eigenvalue weighted by Crippen LogP contribution is -2.54. The molecule has 1 N–H and O–H groups in total. The first-order valence-electron chi connectivity index (χ1n) is 11.0. The molecule has 184 valence electrons. The maximum absolute atomic E-state index is 13.0. The van der Waals surface area contributed by atoms with Crippen molar-refractivity contribution in [1.82, 2.24) is 14.6 Å². The van der Waals surface area contributed by atoms with Gasteiger partial charge in [0.25, 0.3) is 0 Å². The number of benzene rings is 1. The van der Waals surface area contributed by atoms with E-state index in [1.54, 1.807) is 4.68 Å². The molecule has 2 aliphatic rings. The van der Waals surface area contributed by atoms with Crippen molar-refractivity contribution in [3.8, 4) is 0 Å². The molecule has 1 aliphatic heterocycles. The van der Waals surface area contributed by atoms with Crippen LogP contribution >= 0.6 is 23.4 Å². The number of thioether (sulfide) groups is 1. The van der Waals surface area contributed by atoms with Gasteiger partial charge in [0.2, 0.25) is 5.91 Å². The molecule has 0 radical (unpaired) electrons. The van der Waals surface area contributed by atoms with E-state index in [0.29, 0.717) is 5.03 Å². The number of nitrogens with one attached hydrogen (secondary N) is 1. The van der Waals surface area contributed by atoms with Crippen LogP contribution in [-0.4, -0.2) is 59.4 Å². The number of piperazine rings is 1. The molecule has 1 saturated heterocycles. The number of aromatic nitrogens is 2. The lowest BCUT2D eigenvalue weighted by molar-refractivity contribution is -0.137. The zero-order valence-electron chi connectivity index (χ0n) is 18.6. The maximum Gasteiger partial charge on any atom is 0.416 e. The van der Waals surface area contributed by atoms with Gasteiger partial charge in [-0.05, 0) is 50.9 Å². The molecule has 1 aromatic heterocycles. The predicted octanol–water partition coefficient (Wildman–Crippen LogP) is 3.41. The summed E-state index contributed by atoms with van der Waals surface area (Å²) in [6, 6.07) is 2.77. The molecule has 2 aromatic rings. The molecule has 7 nitrogen and oxygen atoms in total. The van der Waals surface area contributed by atoms with Crippen molar-refractivity contribution < 1.29 is 18.0 Å². The largest absolute Gasteiger partial charge is 0.416 e. The molecule has 1 fully saturated rings. The minimum Gasteiger partial charge on any atom is -0.324 e. The molecule has 2 heterocycles. The number of carbonyl (C=O) groups excluding carboxylic acids is 1. The van der Waals surface area contributed by atoms with Gasteiger partial charge in [-0.1, -0.05) is 23.4 Å². The quantitative estimate of drug-likeness (QED) is 0.486. The fourth-order valence-electron chi connectivity index (χ4n) is 4.20. The second-order valence-electron chi connectivity index (χ2n) is 8.43. The molecular formula is C22H25ClF3N5O2S. The normalized spacial score (nSPS) is 16.9. The summed E-state index contributed by atoms with van der Waals surface area (Å²) in [4.78, 5) is 32.0. The van der Waals surface area contributed by atoms with E-state index in [1.165, 1.54) is 0 Å². The Labute approximate surface area is 204 Å². The Kier molecular flexibility index (Phi) is 7.44. The molecular weight excluding hydrogens is 491 g/mol. The lowest BCUT2D eigenvalue weighted by Gasteiger charge is -2.37. The van der Waals surface area contributed by atoms with Crippen LogP contribution in [0.1, 0.15) is 29.7 Å². The molecule has 0 unspecified atom stereocenters. The molecule has 1 amide bonds. The molecule has 0 saturated carbocycles. The van der Waals surface area contributed by atoms with Crippen molar-refractivity contribution in [3.63, 3.8) is 0 Å². The number of nitrogens with zero attached hydrogens (tertiary/aromatic N) is 4. The van der Waals surface area contributed by atoms with E-state index in [1.807, 2.05) is 12.1 Å². The maximum atomic E-state index is 13.0. The van der Waals surface area contributed by atoms with Crippen LogP contribution in [0.2, 0.25) is 5.02 Å². The van der Waals surface area contributed by atoms with E-state index in [9.17, 15) is 22.8 Å². The lowest BCUT2D eigenvalue weighted by atomic mass is 9.97. The van der Waals surface area contributed by atoms with E-state index in [0.717, 1.165) is 93.1 Å². The number of fused-ring (bicyclic) bond motifs is 1. The van der Waals surface area contributed by atoms with E-state index < -0.39 is 17.6 Å². The zero-order chi connectivity index (χ0) is 24.5. The summed E-state index contributed by atoms with van der Waals surface area (Å²) < 4.78 is 40.7. The molecule has 0 spiro atoms. The number of anilines is 1. The Bertz CT molecular complexity index is 1130. The third-order valence-electron chi connectivity index (χ3n) is 6.00. The van der Waals surface area contributed by atoms with Crippen LogP contribution in [0.4, 0.5) is 18.9 Å². The minimum absolute atomic E-state index is 0.0108. The van der Waals surface area contributed by atoms with Gasteiger partial charge in [0.05, 0.1) is 27.7 Å². The zero-order valence-corrected chi connectivity index (χ0v) is 20.2. The van der Waals surface area contributed by atoms with E-state index >= 15 is 0 Å². The van der Waals surface area contributed by atoms with Gasteiger partial charge in [-0.25, -0.2) is 9.47 Å². The summed E-state index contributed by atoms with van der Waals surface area (Å²) in [5.74, 6) is -0.634. The van der Waals surface area contributed by atoms with Crippen molar-refractivity contribution in [2.24, 2.45) is 0 Å². The molecule has 1 aliphatic carbocycles. The number of carbonyl (C=O) groups is 1. The highest BCUT2D eigenvalue weighted by Crippen LogP contribution is 2.34. The average Bonchev–Trinajstić information content (AvgIpc) is 2.79. The van der Waals surface area contributed by atoms with Crippen LogP contribution in [0.25, 0.3) is 0 Å².